The summed E-state index contributed by atoms with van der Waals surface area (Å²) in [5, 5.41) is 3.47. The van der Waals surface area contributed by atoms with Crippen LogP contribution >= 0.6 is 11.3 Å². The molecule has 5 nitrogen and oxygen atoms in total. The number of aromatic nitrogens is 1. The van der Waals surface area contributed by atoms with Gasteiger partial charge in [0.1, 0.15) is 11.2 Å². The number of rotatable bonds is 8. The van der Waals surface area contributed by atoms with Gasteiger partial charge in [0.05, 0.1) is 11.4 Å². The number of fused-ring (bicyclic) bond motifs is 9. The zero-order valence-corrected chi connectivity index (χ0v) is 49.5. The van der Waals surface area contributed by atoms with Crippen molar-refractivity contribution in [3.63, 3.8) is 0 Å². The molecule has 0 saturated heterocycles. The Labute approximate surface area is 496 Å². The lowest BCUT2D eigenvalue weighted by atomic mass is 9.36. The average Bonchev–Trinajstić information content (AvgIpc) is 1.32. The van der Waals surface area contributed by atoms with E-state index < -0.39 is 0 Å². The second kappa shape index (κ2) is 19.6. The first-order chi connectivity index (χ1) is 40.7. The van der Waals surface area contributed by atoms with Crippen LogP contribution in [-0.4, -0.2) is 11.7 Å². The van der Waals surface area contributed by atoms with E-state index in [9.17, 15) is 0 Å². The molecule has 0 N–H and O–H groups in total. The van der Waals surface area contributed by atoms with Gasteiger partial charge >= 0.3 is 0 Å². The molecule has 0 radical (unpaired) electrons. The highest BCUT2D eigenvalue weighted by atomic mass is 32.1. The summed E-state index contributed by atoms with van der Waals surface area (Å²) in [4.78, 5) is 12.3. The lowest BCUT2D eigenvalue weighted by molar-refractivity contribution is 0.590. The van der Waals surface area contributed by atoms with Crippen LogP contribution in [0.25, 0.3) is 65.4 Å². The summed E-state index contributed by atoms with van der Waals surface area (Å²) in [6, 6.07) is 83.9. The van der Waals surface area contributed by atoms with E-state index in [4.69, 9.17) is 4.42 Å². The molecule has 0 bridgehead atoms. The minimum Gasteiger partial charge on any atom is -0.456 e. The number of furan rings is 1. The van der Waals surface area contributed by atoms with Gasteiger partial charge in [0.25, 0.3) is 6.71 Å². The van der Waals surface area contributed by atoms with Gasteiger partial charge in [-0.2, -0.15) is 0 Å². The molecule has 0 amide bonds. The van der Waals surface area contributed by atoms with E-state index in [1.54, 1.807) is 0 Å². The lowest BCUT2D eigenvalue weighted by Gasteiger charge is -2.45. The third-order valence-corrected chi connectivity index (χ3v) is 18.6. The molecule has 10 aromatic carbocycles. The van der Waals surface area contributed by atoms with Crippen molar-refractivity contribution < 1.29 is 4.42 Å². The summed E-state index contributed by atoms with van der Waals surface area (Å²) in [6.45, 7) is 18.2. The Balaban J connectivity index is 1.06. The molecular formula is C77H63BN4OS. The second-order valence-electron chi connectivity index (χ2n) is 25.0. The number of benzene rings is 10. The molecule has 0 atom stereocenters. The Bertz CT molecular complexity index is 4660. The highest BCUT2D eigenvalue weighted by Crippen LogP contribution is 2.53. The molecule has 0 spiro atoms. The Hall–Kier alpha value is -9.43. The zero-order valence-electron chi connectivity index (χ0n) is 48.7. The maximum Gasteiger partial charge on any atom is 0.264 e. The van der Waals surface area contributed by atoms with E-state index in [2.05, 4.69) is 293 Å². The largest absolute Gasteiger partial charge is 0.456 e. The fourth-order valence-electron chi connectivity index (χ4n) is 13.0. The summed E-state index contributed by atoms with van der Waals surface area (Å²) < 4.78 is 9.12. The Kier molecular flexibility index (Phi) is 12.0. The number of pyridine rings is 1. The van der Waals surface area contributed by atoms with Crippen LogP contribution in [-0.2, 0) is 10.8 Å². The van der Waals surface area contributed by atoms with Gasteiger partial charge in [-0.3, -0.25) is 4.98 Å². The number of hydrogen-bond donors (Lipinski definition) is 0. The van der Waals surface area contributed by atoms with E-state index in [-0.39, 0.29) is 17.5 Å². The molecule has 2 aliphatic rings. The van der Waals surface area contributed by atoms with Crippen molar-refractivity contribution in [1.82, 2.24) is 4.98 Å². The lowest BCUT2D eigenvalue weighted by Crippen LogP contribution is -2.60. The van der Waals surface area contributed by atoms with E-state index in [1.807, 2.05) is 29.8 Å². The van der Waals surface area contributed by atoms with Crippen LogP contribution in [0.4, 0.5) is 51.2 Å². The van der Waals surface area contributed by atoms with Crippen molar-refractivity contribution in [1.29, 1.82) is 0 Å². The monoisotopic (exact) mass is 1100 g/mol. The number of anilines is 9. The van der Waals surface area contributed by atoms with Gasteiger partial charge < -0.3 is 19.1 Å². The maximum absolute atomic E-state index is 6.52. The smallest absolute Gasteiger partial charge is 0.264 e. The molecule has 2 aliphatic heterocycles. The molecule has 0 unspecified atom stereocenters. The summed E-state index contributed by atoms with van der Waals surface area (Å²) >= 11 is 1.94. The highest BCUT2D eigenvalue weighted by molar-refractivity contribution is 7.33. The first-order valence-electron chi connectivity index (χ1n) is 29.3. The van der Waals surface area contributed by atoms with E-state index in [0.29, 0.717) is 0 Å². The standard InChI is InChI=1S/C77H63BN4OS/c1-48-21-29-56(30-22-48)80(57-31-23-49(2)24-32-57)59-35-36-64-66(47-59)82(65-37-25-53(44-62(65)51-39-41-79-42-40-51)60-18-14-20-70-72(60)61-17-12-13-19-69(61)83-70)68-46-55(77(6,7)8)45-67-73(68)78(64)75-74(81(67)58-33-27-54(28-34-58)76(3,4)5)63-43-52(26-38-71(63)84-75)50-15-10-9-11-16-50/h9-47H,1-8H3. The zero-order chi connectivity index (χ0) is 57.2. The molecule has 5 heterocycles. The molecule has 406 valence electrons. The number of para-hydroxylation sites is 1. The van der Waals surface area contributed by atoms with Crippen molar-refractivity contribution in [2.75, 3.05) is 14.7 Å². The summed E-state index contributed by atoms with van der Waals surface area (Å²) in [5.74, 6) is 0. The van der Waals surface area contributed by atoms with Crippen LogP contribution in [0.5, 0.6) is 0 Å². The number of thiophene rings is 1. The Morgan fingerprint density at radius 1 is 0.452 bits per heavy atom. The third kappa shape index (κ3) is 8.55. The Morgan fingerprint density at radius 3 is 1.80 bits per heavy atom. The van der Waals surface area contributed by atoms with E-state index >= 15 is 0 Å². The molecule has 0 aliphatic carbocycles. The second-order valence-corrected chi connectivity index (χ2v) is 26.0. The van der Waals surface area contributed by atoms with Crippen LogP contribution in [0.1, 0.15) is 63.8 Å². The van der Waals surface area contributed by atoms with Crippen molar-refractivity contribution in [2.24, 2.45) is 0 Å². The average molecular weight is 1100 g/mol. The van der Waals surface area contributed by atoms with Crippen LogP contribution in [0.2, 0.25) is 0 Å². The van der Waals surface area contributed by atoms with Gasteiger partial charge in [-0.15, -0.1) is 11.3 Å². The van der Waals surface area contributed by atoms with Gasteiger partial charge in [-0.25, -0.2) is 0 Å². The molecule has 0 saturated carbocycles. The van der Waals surface area contributed by atoms with Gasteiger partial charge in [0.2, 0.25) is 0 Å². The fraction of sp³-hybridized carbons (Fsp3) is 0.130. The molecule has 7 heteroatoms. The van der Waals surface area contributed by atoms with Gasteiger partial charge in [-0.1, -0.05) is 168 Å². The first-order valence-corrected chi connectivity index (χ1v) is 30.1. The van der Waals surface area contributed by atoms with E-state index in [1.165, 1.54) is 76.2 Å². The summed E-state index contributed by atoms with van der Waals surface area (Å²) in [6.07, 6.45) is 3.85. The van der Waals surface area contributed by atoms with Crippen molar-refractivity contribution in [3.8, 4) is 33.4 Å². The van der Waals surface area contributed by atoms with Crippen LogP contribution in [0.3, 0.4) is 0 Å². The van der Waals surface area contributed by atoms with Crippen molar-refractivity contribution in [3.05, 3.63) is 259 Å². The number of aryl methyl sites for hydroxylation is 2. The van der Waals surface area contributed by atoms with Crippen molar-refractivity contribution in [2.45, 2.75) is 66.2 Å². The topological polar surface area (TPSA) is 35.8 Å². The molecule has 15 rings (SSSR count). The van der Waals surface area contributed by atoms with Gasteiger partial charge in [-0.05, 0) is 184 Å². The first kappa shape index (κ1) is 51.5. The van der Waals surface area contributed by atoms with Gasteiger partial charge in [0, 0.05) is 83.4 Å². The molecule has 0 fully saturated rings. The van der Waals surface area contributed by atoms with E-state index in [0.717, 1.165) is 78.3 Å². The number of hydrogen-bond acceptors (Lipinski definition) is 6. The summed E-state index contributed by atoms with van der Waals surface area (Å²) in [5.41, 5.74) is 26.1. The predicted molar refractivity (Wildman–Crippen MR) is 359 cm³/mol. The number of nitrogens with zero attached hydrogens (tertiary/aromatic N) is 4. The molecule has 84 heavy (non-hydrogen) atoms. The van der Waals surface area contributed by atoms with Crippen LogP contribution in [0, 0.1) is 13.8 Å². The normalized spacial score (nSPS) is 12.9. The maximum atomic E-state index is 6.52. The summed E-state index contributed by atoms with van der Waals surface area (Å²) in [7, 11) is 0. The minimum atomic E-state index is -0.231. The third-order valence-electron chi connectivity index (χ3n) is 17.4. The Morgan fingerprint density at radius 2 is 1.10 bits per heavy atom. The van der Waals surface area contributed by atoms with Crippen LogP contribution in [0.15, 0.2) is 241 Å². The van der Waals surface area contributed by atoms with Gasteiger partial charge in [0.15, 0.2) is 0 Å². The quantitative estimate of drug-likeness (QED) is 0.142. The van der Waals surface area contributed by atoms with Crippen molar-refractivity contribution >= 4 is 117 Å². The molecule has 3 aromatic heterocycles. The van der Waals surface area contributed by atoms with Crippen LogP contribution < -0.4 is 30.4 Å². The molecule has 13 aromatic rings. The molecular weight excluding hydrogens is 1040 g/mol. The highest BCUT2D eigenvalue weighted by Gasteiger charge is 2.47. The SMILES string of the molecule is Cc1ccc(N(c2ccc(C)cc2)c2ccc3c(c2)N(c2ccc(-c4cccc5oc6ccccc6c45)cc2-c2ccncc2)c2cc(C(C)(C)C)cc4c2B3c2sc3ccc(-c5ccccc5)cc3c2N4c2ccc(C(C)(C)C)cc2)cc1. The predicted octanol–water partition coefficient (Wildman–Crippen LogP) is 20.0. The fourth-order valence-corrected chi connectivity index (χ4v) is 14.3. The minimum absolute atomic E-state index is 0.0138.